The molecule has 0 bridgehead atoms. The van der Waals surface area contributed by atoms with Gasteiger partial charge in [0.2, 0.25) is 11.8 Å². The normalized spacial score (nSPS) is 20.5. The van der Waals surface area contributed by atoms with Crippen molar-refractivity contribution in [2.75, 3.05) is 52.7 Å². The summed E-state index contributed by atoms with van der Waals surface area (Å²) < 4.78 is 22.7. The van der Waals surface area contributed by atoms with E-state index in [0.29, 0.717) is 119 Å². The van der Waals surface area contributed by atoms with Crippen LogP contribution in [0.5, 0.6) is 5.75 Å². The van der Waals surface area contributed by atoms with Gasteiger partial charge in [-0.1, -0.05) is 6.42 Å². The standard InChI is InChI=1S/C43H58N4O11S/c1-27(48)28-5-2-6-29(23-28)46-40(52)14-13-39(51)44-15-3-17-55-19-21-57-22-20-56-18-4-16-45-43(59)47-30-7-10-33(36(24-30)42(53)54)41-34-11-8-31(49)25-37(34)58-38-26-32(50)9-12-35(38)41/h8-9,11-12,25-26,28-30,33,36,49H,2-7,10,13-24H2,1H3,(H,44,51)(H,46,52)(H,53,54)(H2,45,47,59). The number of carbonyl (C=O) groups excluding carboxylic acids is 3. The summed E-state index contributed by atoms with van der Waals surface area (Å²) in [5.41, 5.74) is 1.67. The number of phenols is 1. The Bertz CT molecular complexity index is 1920. The molecule has 2 fully saturated rings. The number of ketones is 1. The number of Topliss-reactive ketones (excluding diaryl/α,β-unsaturated/α-hetero) is 1. The van der Waals surface area contributed by atoms with Gasteiger partial charge in [-0.05, 0) is 106 Å². The smallest absolute Gasteiger partial charge is 0.307 e. The number of aromatic hydroxyl groups is 1. The minimum absolute atomic E-state index is 0.00754. The second-order valence-electron chi connectivity index (χ2n) is 15.4. The first-order chi connectivity index (χ1) is 28.5. The molecule has 15 nitrogen and oxygen atoms in total. The first kappa shape index (κ1) is 45.4. The molecule has 5 rings (SSSR count). The minimum atomic E-state index is -0.911. The maximum atomic E-state index is 12.6. The van der Waals surface area contributed by atoms with Crippen LogP contribution in [-0.2, 0) is 33.4 Å². The van der Waals surface area contributed by atoms with E-state index in [-0.39, 0.29) is 65.5 Å². The van der Waals surface area contributed by atoms with Gasteiger partial charge in [0.15, 0.2) is 10.5 Å². The number of rotatable bonds is 22. The van der Waals surface area contributed by atoms with Crippen molar-refractivity contribution in [1.29, 1.82) is 0 Å². The van der Waals surface area contributed by atoms with E-state index in [1.54, 1.807) is 25.1 Å². The van der Waals surface area contributed by atoms with E-state index in [4.69, 9.17) is 30.8 Å². The van der Waals surface area contributed by atoms with Crippen molar-refractivity contribution < 1.29 is 48.0 Å². The number of carboxylic acids is 1. The van der Waals surface area contributed by atoms with E-state index in [9.17, 15) is 34.2 Å². The average Bonchev–Trinajstić information content (AvgIpc) is 3.20. The molecule has 322 valence electrons. The number of thiocarbonyl (C=S) groups is 1. The number of carbonyl (C=O) groups is 4. The van der Waals surface area contributed by atoms with Crippen LogP contribution in [0.3, 0.4) is 0 Å². The summed E-state index contributed by atoms with van der Waals surface area (Å²) in [5, 5.41) is 33.8. The number of phenolic OH excluding ortho intramolecular Hbond substituents is 1. The lowest BCUT2D eigenvalue weighted by molar-refractivity contribution is -0.143. The van der Waals surface area contributed by atoms with E-state index in [0.717, 1.165) is 24.8 Å². The Balaban J connectivity index is 0.865. The van der Waals surface area contributed by atoms with Crippen LogP contribution < -0.4 is 26.7 Å². The van der Waals surface area contributed by atoms with Gasteiger partial charge in [-0.15, -0.1) is 0 Å². The number of hydrogen-bond donors (Lipinski definition) is 6. The second-order valence-corrected chi connectivity index (χ2v) is 15.9. The molecule has 1 heterocycles. The highest BCUT2D eigenvalue weighted by atomic mass is 32.1. The first-order valence-electron chi connectivity index (χ1n) is 20.7. The van der Waals surface area contributed by atoms with Gasteiger partial charge in [0, 0.05) is 80.2 Å². The summed E-state index contributed by atoms with van der Waals surface area (Å²) in [4.78, 5) is 60.7. The van der Waals surface area contributed by atoms with E-state index < -0.39 is 11.9 Å². The Hall–Kier alpha value is -4.64. The van der Waals surface area contributed by atoms with Crippen LogP contribution in [0, 0.1) is 11.8 Å². The maximum Gasteiger partial charge on any atom is 0.307 e. The van der Waals surface area contributed by atoms with Gasteiger partial charge in [0.05, 0.1) is 32.3 Å². The van der Waals surface area contributed by atoms with Crippen LogP contribution in [-0.4, -0.2) is 104 Å². The zero-order chi connectivity index (χ0) is 42.1. The fraction of sp³-hybridized carbons (Fsp3) is 0.581. The number of fused-ring (bicyclic) bond motifs is 2. The van der Waals surface area contributed by atoms with E-state index in [1.807, 2.05) is 0 Å². The lowest BCUT2D eigenvalue weighted by Crippen LogP contribution is -2.46. The molecule has 1 aromatic carbocycles. The summed E-state index contributed by atoms with van der Waals surface area (Å²) in [6, 6.07) is 9.17. The van der Waals surface area contributed by atoms with Crippen molar-refractivity contribution in [2.24, 2.45) is 11.8 Å². The molecule has 1 aromatic rings. The molecule has 59 heavy (non-hydrogen) atoms. The molecule has 0 aromatic heterocycles. The van der Waals surface area contributed by atoms with Crippen molar-refractivity contribution in [2.45, 2.75) is 95.6 Å². The molecule has 4 aliphatic rings. The molecule has 5 atom stereocenters. The summed E-state index contributed by atoms with van der Waals surface area (Å²) in [6.07, 6.45) is 6.58. The third-order valence-corrected chi connectivity index (χ3v) is 11.3. The highest BCUT2D eigenvalue weighted by Crippen LogP contribution is 2.46. The molecule has 6 N–H and O–H groups in total. The third-order valence-electron chi connectivity index (χ3n) is 11.1. The van der Waals surface area contributed by atoms with Gasteiger partial charge in [0.25, 0.3) is 0 Å². The van der Waals surface area contributed by atoms with Crippen LogP contribution in [0.25, 0.3) is 22.3 Å². The van der Waals surface area contributed by atoms with Crippen LogP contribution in [0.1, 0.15) is 89.0 Å². The number of amides is 2. The number of ether oxygens (including phenoxy) is 3. The molecule has 0 saturated heterocycles. The van der Waals surface area contributed by atoms with Crippen molar-refractivity contribution in [3.8, 4) is 17.1 Å². The summed E-state index contributed by atoms with van der Waals surface area (Å²) in [6.45, 7) is 5.34. The molecular weight excluding hydrogens is 781 g/mol. The van der Waals surface area contributed by atoms with Gasteiger partial charge >= 0.3 is 5.97 Å². The van der Waals surface area contributed by atoms with Crippen LogP contribution in [0.15, 0.2) is 45.6 Å². The number of hydrogen-bond acceptors (Lipinski definition) is 11. The van der Waals surface area contributed by atoms with E-state index in [1.165, 1.54) is 18.2 Å². The topological polar surface area (TPSA) is 215 Å². The Morgan fingerprint density at radius 2 is 1.47 bits per heavy atom. The number of carboxylic acid groups (broad SMARTS) is 1. The average molecular weight is 839 g/mol. The monoisotopic (exact) mass is 838 g/mol. The number of nitrogens with one attached hydrogen (secondary N) is 4. The SMILES string of the molecule is CC(=O)C1CCCC(NC(=O)CCC(=O)NCCCOCCOCCOCCCNC(=S)NC2CCC(c3c4ccc(=O)cc-4oc4cc(O)ccc34)C(C(=O)O)C2)C1. The molecule has 16 heteroatoms. The van der Waals surface area contributed by atoms with Crippen LogP contribution in [0.4, 0.5) is 0 Å². The molecule has 1 aliphatic heterocycles. The van der Waals surface area contributed by atoms with Crippen molar-refractivity contribution in [3.05, 3.63) is 52.2 Å². The van der Waals surface area contributed by atoms with Crippen molar-refractivity contribution >= 4 is 51.9 Å². The predicted octanol–water partition coefficient (Wildman–Crippen LogP) is 4.39. The summed E-state index contributed by atoms with van der Waals surface area (Å²) in [7, 11) is 0. The number of benzene rings is 2. The van der Waals surface area contributed by atoms with Gasteiger partial charge in [0.1, 0.15) is 22.9 Å². The van der Waals surface area contributed by atoms with E-state index >= 15 is 0 Å². The molecule has 5 unspecified atom stereocenters. The van der Waals surface area contributed by atoms with Gasteiger partial charge in [-0.3, -0.25) is 24.0 Å². The lowest BCUT2D eigenvalue weighted by atomic mass is 9.71. The highest BCUT2D eigenvalue weighted by molar-refractivity contribution is 7.80. The molecule has 2 saturated carbocycles. The van der Waals surface area contributed by atoms with Crippen molar-refractivity contribution in [1.82, 2.24) is 21.3 Å². The van der Waals surface area contributed by atoms with Gasteiger partial charge in [-0.2, -0.15) is 0 Å². The lowest BCUT2D eigenvalue weighted by Gasteiger charge is -2.36. The zero-order valence-electron chi connectivity index (χ0n) is 33.8. The molecule has 3 aliphatic carbocycles. The fourth-order valence-corrected chi connectivity index (χ4v) is 8.34. The first-order valence-corrected chi connectivity index (χ1v) is 21.2. The number of aliphatic carboxylic acids is 1. The Kier molecular flexibility index (Phi) is 17.9. The fourth-order valence-electron chi connectivity index (χ4n) is 8.07. The van der Waals surface area contributed by atoms with E-state index in [2.05, 4.69) is 21.3 Å². The summed E-state index contributed by atoms with van der Waals surface area (Å²) >= 11 is 5.52. The Labute approximate surface area is 349 Å². The van der Waals surface area contributed by atoms with Crippen LogP contribution in [0.2, 0.25) is 0 Å². The summed E-state index contributed by atoms with van der Waals surface area (Å²) in [5.74, 6) is -1.74. The largest absolute Gasteiger partial charge is 0.508 e. The quantitative estimate of drug-likeness (QED) is 0.0471. The molecule has 0 spiro atoms. The third kappa shape index (κ3) is 14.3. The van der Waals surface area contributed by atoms with Crippen LogP contribution >= 0.6 is 12.2 Å². The zero-order valence-corrected chi connectivity index (χ0v) is 34.6. The Morgan fingerprint density at radius 1 is 0.797 bits per heavy atom. The molecule has 2 amide bonds. The molecular formula is C43H58N4O11S. The van der Waals surface area contributed by atoms with Gasteiger partial charge < -0.3 is 50.1 Å². The Morgan fingerprint density at radius 3 is 2.19 bits per heavy atom. The maximum absolute atomic E-state index is 12.6. The van der Waals surface area contributed by atoms with Crippen molar-refractivity contribution in [3.63, 3.8) is 0 Å². The predicted molar refractivity (Wildman–Crippen MR) is 225 cm³/mol. The minimum Gasteiger partial charge on any atom is -0.508 e. The molecule has 0 radical (unpaired) electrons. The van der Waals surface area contributed by atoms with Gasteiger partial charge in [-0.25, -0.2) is 0 Å². The second kappa shape index (κ2) is 23.2. The highest BCUT2D eigenvalue weighted by Gasteiger charge is 2.39.